The first-order valence-corrected chi connectivity index (χ1v) is 15.8. The zero-order valence-electron chi connectivity index (χ0n) is 25.8. The van der Waals surface area contributed by atoms with Gasteiger partial charge in [-0.25, -0.2) is 9.78 Å². The molecule has 4 aromatic rings. The molecule has 0 aliphatic heterocycles. The molecule has 2 aromatic carbocycles. The predicted molar refractivity (Wildman–Crippen MR) is 169 cm³/mol. The smallest absolute Gasteiger partial charge is 0.336 e. The van der Waals surface area contributed by atoms with Crippen molar-refractivity contribution in [3.8, 4) is 11.1 Å². The van der Waals surface area contributed by atoms with E-state index in [4.69, 9.17) is 10.1 Å². The van der Waals surface area contributed by atoms with Gasteiger partial charge in [0.2, 0.25) is 0 Å². The second kappa shape index (κ2) is 12.1. The number of carboxylic acid groups (broad SMARTS) is 1. The molecule has 0 amide bonds. The van der Waals surface area contributed by atoms with Crippen molar-refractivity contribution in [2.24, 2.45) is 5.41 Å². The third-order valence-corrected chi connectivity index (χ3v) is 9.02. The highest BCUT2D eigenvalue weighted by Crippen LogP contribution is 2.39. The Balaban J connectivity index is 1.50. The highest BCUT2D eigenvalue weighted by atomic mass is 16.4. The first-order chi connectivity index (χ1) is 21.1. The molecule has 0 saturated heterocycles. The third-order valence-electron chi connectivity index (χ3n) is 9.02. The van der Waals surface area contributed by atoms with Crippen LogP contribution in [0.1, 0.15) is 117 Å². The summed E-state index contributed by atoms with van der Waals surface area (Å²) in [4.78, 5) is 43.4. The Labute approximate surface area is 257 Å². The van der Waals surface area contributed by atoms with Crippen LogP contribution in [0, 0.1) is 5.41 Å². The van der Waals surface area contributed by atoms with Crippen molar-refractivity contribution < 1.29 is 19.5 Å². The van der Waals surface area contributed by atoms with E-state index in [1.165, 1.54) is 0 Å². The Morgan fingerprint density at radius 2 is 1.48 bits per heavy atom. The fourth-order valence-electron chi connectivity index (χ4n) is 6.83. The van der Waals surface area contributed by atoms with Gasteiger partial charge in [0, 0.05) is 25.8 Å². The topological polar surface area (TPSA) is 115 Å². The van der Waals surface area contributed by atoms with Crippen LogP contribution in [0.2, 0.25) is 0 Å². The van der Waals surface area contributed by atoms with E-state index in [1.54, 1.807) is 12.1 Å². The Kier molecular flexibility index (Phi) is 8.18. The maximum Gasteiger partial charge on any atom is 0.336 e. The largest absolute Gasteiger partial charge is 0.478 e. The molecule has 1 N–H and O–H groups in total. The normalized spacial score (nSPS) is 19.4. The molecule has 2 atom stereocenters. The van der Waals surface area contributed by atoms with Gasteiger partial charge in [0.1, 0.15) is 28.6 Å². The van der Waals surface area contributed by atoms with Crippen molar-refractivity contribution in [3.05, 3.63) is 76.9 Å². The number of ketones is 2. The summed E-state index contributed by atoms with van der Waals surface area (Å²) in [7, 11) is 0. The first kappa shape index (κ1) is 29.9. The Morgan fingerprint density at radius 1 is 0.864 bits per heavy atom. The highest BCUT2D eigenvalue weighted by molar-refractivity contribution is 5.96. The van der Waals surface area contributed by atoms with E-state index in [0.29, 0.717) is 48.3 Å². The number of aromatic carboxylic acids is 1. The molecule has 2 aliphatic carbocycles. The van der Waals surface area contributed by atoms with Crippen LogP contribution >= 0.6 is 0 Å². The van der Waals surface area contributed by atoms with Crippen molar-refractivity contribution in [1.82, 2.24) is 19.7 Å². The minimum Gasteiger partial charge on any atom is -0.478 e. The summed E-state index contributed by atoms with van der Waals surface area (Å²) in [5.74, 6) is -0.342. The number of hydrogen-bond donors (Lipinski definition) is 1. The number of carbonyl (C=O) groups is 3. The highest BCUT2D eigenvalue weighted by Gasteiger charge is 2.35. The van der Waals surface area contributed by atoms with Gasteiger partial charge in [-0.3, -0.25) is 9.59 Å². The average Bonchev–Trinajstić information content (AvgIpc) is 3.34. The lowest BCUT2D eigenvalue weighted by Gasteiger charge is -2.24. The van der Waals surface area contributed by atoms with E-state index < -0.39 is 5.97 Å². The summed E-state index contributed by atoms with van der Waals surface area (Å²) < 4.78 is 2.20. The zero-order chi connectivity index (χ0) is 31.0. The van der Waals surface area contributed by atoms with Crippen LogP contribution in [0.5, 0.6) is 0 Å². The Bertz CT molecular complexity index is 1730. The van der Waals surface area contributed by atoms with E-state index in [1.807, 2.05) is 36.4 Å². The third kappa shape index (κ3) is 5.94. The molecule has 6 rings (SSSR count). The molecule has 2 unspecified atom stereocenters. The number of carbonyl (C=O) groups excluding carboxylic acids is 2. The molecule has 228 valence electrons. The number of nitrogens with zero attached hydrogens (tertiary/aromatic N) is 4. The van der Waals surface area contributed by atoms with Gasteiger partial charge in [-0.05, 0) is 53.9 Å². The SMILES string of the molecule is CC(C)(C)Cc1nc2c(C3CCCCC3=O)nnc(C3CCCCC3=O)c2n1Cc1ccc(-c2ccccc2C(=O)O)cc1. The van der Waals surface area contributed by atoms with Gasteiger partial charge in [-0.1, -0.05) is 76.1 Å². The number of aromatic nitrogens is 4. The van der Waals surface area contributed by atoms with Crippen molar-refractivity contribution in [1.29, 1.82) is 0 Å². The van der Waals surface area contributed by atoms with Crippen LogP contribution in [-0.2, 0) is 22.6 Å². The summed E-state index contributed by atoms with van der Waals surface area (Å²) in [6.07, 6.45) is 6.99. The van der Waals surface area contributed by atoms with Gasteiger partial charge >= 0.3 is 5.97 Å². The van der Waals surface area contributed by atoms with Crippen LogP contribution < -0.4 is 0 Å². The maximum atomic E-state index is 13.2. The van der Waals surface area contributed by atoms with E-state index >= 15 is 0 Å². The zero-order valence-corrected chi connectivity index (χ0v) is 25.8. The molecular formula is C36H40N4O4. The Morgan fingerprint density at radius 3 is 2.09 bits per heavy atom. The second-order valence-electron chi connectivity index (χ2n) is 13.6. The number of imidazole rings is 1. The van der Waals surface area contributed by atoms with Gasteiger partial charge in [-0.15, -0.1) is 0 Å². The van der Waals surface area contributed by atoms with E-state index in [2.05, 4.69) is 30.4 Å². The second-order valence-corrected chi connectivity index (χ2v) is 13.6. The molecule has 2 saturated carbocycles. The molecule has 8 heteroatoms. The molecule has 8 nitrogen and oxygen atoms in total. The molecule has 44 heavy (non-hydrogen) atoms. The summed E-state index contributed by atoms with van der Waals surface area (Å²) >= 11 is 0. The van der Waals surface area contributed by atoms with Crippen molar-refractivity contribution in [2.45, 2.75) is 96.9 Å². The first-order valence-electron chi connectivity index (χ1n) is 15.8. The molecule has 2 aromatic heterocycles. The van der Waals surface area contributed by atoms with E-state index in [-0.39, 0.29) is 34.4 Å². The maximum absolute atomic E-state index is 13.2. The summed E-state index contributed by atoms with van der Waals surface area (Å²) in [5.41, 5.74) is 5.57. The lowest BCUT2D eigenvalue weighted by molar-refractivity contribution is -0.122. The van der Waals surface area contributed by atoms with Crippen LogP contribution in [-0.4, -0.2) is 42.4 Å². The fraction of sp³-hybridized carbons (Fsp3) is 0.444. The molecule has 0 bridgehead atoms. The standard InChI is InChI=1S/C36H40N4O4/c1-36(2,3)20-30-37-33-31(26-12-6-8-14-28(26)41)38-39-32(27-13-7-9-15-29(27)42)34(33)40(30)21-22-16-18-23(19-17-22)24-10-4-5-11-25(24)35(43)44/h4-5,10-11,16-19,26-27H,6-9,12-15,20-21H2,1-3H3,(H,43,44). The van der Waals surface area contributed by atoms with Gasteiger partial charge < -0.3 is 9.67 Å². The van der Waals surface area contributed by atoms with Crippen LogP contribution in [0.4, 0.5) is 0 Å². The fourth-order valence-corrected chi connectivity index (χ4v) is 6.83. The summed E-state index contributed by atoms with van der Waals surface area (Å²) in [6, 6.07) is 15.0. The number of Topliss-reactive ketones (excluding diaryl/α,β-unsaturated/α-hetero) is 2. The number of hydrogen-bond acceptors (Lipinski definition) is 6. The van der Waals surface area contributed by atoms with Crippen LogP contribution in [0.15, 0.2) is 48.5 Å². The van der Waals surface area contributed by atoms with Gasteiger partial charge in [0.25, 0.3) is 0 Å². The minimum absolute atomic E-state index is 0.0635. The number of rotatable bonds is 7. The number of fused-ring (bicyclic) bond motifs is 1. The molecule has 2 heterocycles. The molecular weight excluding hydrogens is 552 g/mol. The van der Waals surface area contributed by atoms with Crippen LogP contribution in [0.3, 0.4) is 0 Å². The van der Waals surface area contributed by atoms with Crippen LogP contribution in [0.25, 0.3) is 22.2 Å². The van der Waals surface area contributed by atoms with Crippen molar-refractivity contribution in [2.75, 3.05) is 0 Å². The van der Waals surface area contributed by atoms with Crippen molar-refractivity contribution in [3.63, 3.8) is 0 Å². The molecule has 2 fully saturated rings. The predicted octanol–water partition coefficient (Wildman–Crippen LogP) is 7.28. The molecule has 0 spiro atoms. The molecule has 2 aliphatic rings. The number of carboxylic acids is 1. The summed E-state index contributed by atoms with van der Waals surface area (Å²) in [5, 5.41) is 19.1. The monoisotopic (exact) mass is 592 g/mol. The lowest BCUT2D eigenvalue weighted by atomic mass is 9.83. The average molecular weight is 593 g/mol. The quantitative estimate of drug-likeness (QED) is 0.240. The molecule has 0 radical (unpaired) electrons. The van der Waals surface area contributed by atoms with Crippen molar-refractivity contribution >= 4 is 28.6 Å². The lowest BCUT2D eigenvalue weighted by Crippen LogP contribution is -2.23. The van der Waals surface area contributed by atoms with E-state index in [0.717, 1.165) is 61.0 Å². The number of benzene rings is 2. The Hall–Kier alpha value is -4.20. The van der Waals surface area contributed by atoms with Gasteiger partial charge in [0.15, 0.2) is 0 Å². The van der Waals surface area contributed by atoms with E-state index in [9.17, 15) is 19.5 Å². The summed E-state index contributed by atoms with van der Waals surface area (Å²) in [6.45, 7) is 7.04. The van der Waals surface area contributed by atoms with Gasteiger partial charge in [0.05, 0.1) is 28.6 Å². The van der Waals surface area contributed by atoms with Gasteiger partial charge in [-0.2, -0.15) is 10.2 Å². The minimum atomic E-state index is -0.959.